The van der Waals surface area contributed by atoms with Crippen molar-refractivity contribution in [2.24, 2.45) is 0 Å². The Morgan fingerprint density at radius 3 is 0.438 bits per heavy atom. The summed E-state index contributed by atoms with van der Waals surface area (Å²) in [6.45, 7) is 0. The number of rotatable bonds is 0. The van der Waals surface area contributed by atoms with Crippen LogP contribution in [-0.2, 0) is 0 Å². The summed E-state index contributed by atoms with van der Waals surface area (Å²) in [5.41, 5.74) is 0. The summed E-state index contributed by atoms with van der Waals surface area (Å²) in [5.74, 6) is 0. The standard InChI is InChI=1S/C32H16/c1-2-10-18-20-12-5-6-14-23-24-16-8-7-15-22-21-13-4-3-11-19-17(9-1)25-26(18)28(20)30(23)32(24)31(22)29(21)27(19)25/h1-16H. The molecule has 0 amide bonds. The highest BCUT2D eigenvalue weighted by Gasteiger charge is 2.27. The van der Waals surface area contributed by atoms with E-state index in [0.29, 0.717) is 0 Å². The second-order valence-corrected chi connectivity index (χ2v) is 9.18. The Morgan fingerprint density at radius 2 is 0.312 bits per heavy atom. The molecule has 0 aliphatic heterocycles. The monoisotopic (exact) mass is 400 g/mol. The van der Waals surface area contributed by atoms with Crippen LogP contribution in [0, 0.1) is 0 Å². The highest BCUT2D eigenvalue weighted by atomic mass is 14.3. The Morgan fingerprint density at radius 1 is 0.188 bits per heavy atom. The zero-order valence-corrected chi connectivity index (χ0v) is 17.2. The number of hydrogen-bond donors (Lipinski definition) is 0. The van der Waals surface area contributed by atoms with Gasteiger partial charge in [-0.05, 0) is 86.2 Å². The minimum Gasteiger partial charge on any atom is -0.0616 e. The summed E-state index contributed by atoms with van der Waals surface area (Å²) < 4.78 is 0. The average Bonchev–Trinajstić information content (AvgIpc) is 2.74. The first-order chi connectivity index (χ1) is 15.9. The fourth-order valence-corrected chi connectivity index (χ4v) is 6.58. The predicted molar refractivity (Wildman–Crippen MR) is 140 cm³/mol. The lowest BCUT2D eigenvalue weighted by molar-refractivity contribution is 1.79. The van der Waals surface area contributed by atoms with Gasteiger partial charge in [0.15, 0.2) is 0 Å². The predicted octanol–water partition coefficient (Wildman–Crippen LogP) is 9.23. The van der Waals surface area contributed by atoms with Crippen LogP contribution in [0.2, 0.25) is 0 Å². The Hall–Kier alpha value is -4.16. The fraction of sp³-hybridized carbons (Fsp3) is 0. The van der Waals surface area contributed by atoms with Crippen LogP contribution in [-0.4, -0.2) is 0 Å². The molecule has 0 heterocycles. The molecule has 0 fully saturated rings. The zero-order valence-electron chi connectivity index (χ0n) is 17.2. The van der Waals surface area contributed by atoms with Gasteiger partial charge in [0, 0.05) is 0 Å². The minimum absolute atomic E-state index is 1.38. The van der Waals surface area contributed by atoms with Crippen molar-refractivity contribution in [2.75, 3.05) is 0 Å². The summed E-state index contributed by atoms with van der Waals surface area (Å²) in [7, 11) is 0. The summed E-state index contributed by atoms with van der Waals surface area (Å²) in [4.78, 5) is 0. The fourth-order valence-electron chi connectivity index (χ4n) is 6.58. The molecule has 0 radical (unpaired) electrons. The maximum Gasteiger partial charge on any atom is -0.000718 e. The Bertz CT molecular complexity index is 1670. The molecule has 9 rings (SSSR count). The molecule has 0 aliphatic carbocycles. The molecule has 0 unspecified atom stereocenters. The lowest BCUT2D eigenvalue weighted by Gasteiger charge is -2.26. The minimum atomic E-state index is 1.38. The second-order valence-electron chi connectivity index (χ2n) is 9.18. The van der Waals surface area contributed by atoms with E-state index in [-0.39, 0.29) is 0 Å². The maximum atomic E-state index is 2.30. The van der Waals surface area contributed by atoms with Gasteiger partial charge in [0.05, 0.1) is 0 Å². The topological polar surface area (TPSA) is 0 Å². The van der Waals surface area contributed by atoms with Crippen LogP contribution < -0.4 is 0 Å². The average molecular weight is 400 g/mol. The summed E-state index contributed by atoms with van der Waals surface area (Å²) in [6, 6.07) is 36.0. The molecule has 0 saturated heterocycles. The molecule has 0 N–H and O–H groups in total. The number of hydrogen-bond acceptors (Lipinski definition) is 0. The van der Waals surface area contributed by atoms with Gasteiger partial charge in [-0.1, -0.05) is 97.1 Å². The van der Waals surface area contributed by atoms with Gasteiger partial charge in [0.25, 0.3) is 0 Å². The van der Waals surface area contributed by atoms with E-state index in [1.165, 1.54) is 86.2 Å². The van der Waals surface area contributed by atoms with Gasteiger partial charge in [-0.15, -0.1) is 0 Å². The molecular weight excluding hydrogens is 384 g/mol. The Kier molecular flexibility index (Phi) is 2.44. The third-order valence-corrected chi connectivity index (χ3v) is 7.86. The van der Waals surface area contributed by atoms with Crippen LogP contribution in [0.3, 0.4) is 0 Å². The number of fused-ring (bicyclic) bond motifs is 4. The molecule has 0 aliphatic rings. The van der Waals surface area contributed by atoms with E-state index >= 15 is 0 Å². The summed E-state index contributed by atoms with van der Waals surface area (Å²) in [6.07, 6.45) is 0. The quantitative estimate of drug-likeness (QED) is 0.238. The van der Waals surface area contributed by atoms with Crippen LogP contribution in [0.15, 0.2) is 97.1 Å². The van der Waals surface area contributed by atoms with Gasteiger partial charge in [0.2, 0.25) is 0 Å². The van der Waals surface area contributed by atoms with Crippen LogP contribution >= 0.6 is 0 Å². The third kappa shape index (κ3) is 1.48. The Balaban J connectivity index is 1.80. The van der Waals surface area contributed by atoms with Crippen LogP contribution in [0.25, 0.3) is 86.2 Å². The summed E-state index contributed by atoms with van der Waals surface area (Å²) >= 11 is 0. The molecule has 9 aromatic carbocycles. The van der Waals surface area contributed by atoms with Crippen LogP contribution in [0.5, 0.6) is 0 Å². The molecule has 0 saturated carbocycles. The van der Waals surface area contributed by atoms with Crippen molar-refractivity contribution in [3.63, 3.8) is 0 Å². The molecule has 0 spiro atoms. The molecule has 144 valence electrons. The van der Waals surface area contributed by atoms with E-state index in [1.54, 1.807) is 0 Å². The van der Waals surface area contributed by atoms with Crippen molar-refractivity contribution in [3.05, 3.63) is 97.1 Å². The van der Waals surface area contributed by atoms with E-state index in [1.807, 2.05) is 0 Å². The highest BCUT2D eigenvalue weighted by molar-refractivity contribution is 6.57. The Labute approximate surface area is 183 Å². The molecule has 32 heavy (non-hydrogen) atoms. The highest BCUT2D eigenvalue weighted by Crippen LogP contribution is 2.56. The largest absolute Gasteiger partial charge is 0.0616 e. The van der Waals surface area contributed by atoms with E-state index in [2.05, 4.69) is 97.1 Å². The molecule has 0 heteroatoms. The smallest absolute Gasteiger partial charge is 0.000718 e. The van der Waals surface area contributed by atoms with Crippen molar-refractivity contribution in [1.29, 1.82) is 0 Å². The lowest BCUT2D eigenvalue weighted by atomic mass is 9.76. The zero-order chi connectivity index (χ0) is 20.6. The molecule has 9 aromatic rings. The van der Waals surface area contributed by atoms with Crippen molar-refractivity contribution in [2.45, 2.75) is 0 Å². The molecule has 0 nitrogen and oxygen atoms in total. The normalized spacial score (nSPS) is 13.0. The first-order valence-corrected chi connectivity index (χ1v) is 11.3. The van der Waals surface area contributed by atoms with Crippen LogP contribution in [0.1, 0.15) is 0 Å². The van der Waals surface area contributed by atoms with E-state index in [4.69, 9.17) is 0 Å². The lowest BCUT2D eigenvalue weighted by Crippen LogP contribution is -1.97. The van der Waals surface area contributed by atoms with Gasteiger partial charge < -0.3 is 0 Å². The molecular formula is C32H16. The van der Waals surface area contributed by atoms with Crippen LogP contribution in [0.4, 0.5) is 0 Å². The first-order valence-electron chi connectivity index (χ1n) is 11.3. The van der Waals surface area contributed by atoms with E-state index in [0.717, 1.165) is 0 Å². The van der Waals surface area contributed by atoms with Gasteiger partial charge in [-0.3, -0.25) is 0 Å². The molecule has 0 atom stereocenters. The van der Waals surface area contributed by atoms with E-state index < -0.39 is 0 Å². The third-order valence-electron chi connectivity index (χ3n) is 7.86. The molecule has 0 aromatic heterocycles. The first kappa shape index (κ1) is 15.6. The van der Waals surface area contributed by atoms with Gasteiger partial charge in [-0.25, -0.2) is 0 Å². The van der Waals surface area contributed by atoms with Crippen molar-refractivity contribution in [1.82, 2.24) is 0 Å². The maximum absolute atomic E-state index is 2.30. The molecule has 0 bridgehead atoms. The van der Waals surface area contributed by atoms with Crippen molar-refractivity contribution in [3.8, 4) is 0 Å². The SMILES string of the molecule is c1ccc2c3ccccc4c5ccccc6c7ccccc8c(c1)c1c8c7c6c5c4c3c21. The van der Waals surface area contributed by atoms with Crippen molar-refractivity contribution < 1.29 is 0 Å². The second kappa shape index (κ2) is 5.00. The van der Waals surface area contributed by atoms with E-state index in [9.17, 15) is 0 Å². The van der Waals surface area contributed by atoms with Gasteiger partial charge in [-0.2, -0.15) is 0 Å². The van der Waals surface area contributed by atoms with Gasteiger partial charge in [0.1, 0.15) is 0 Å². The van der Waals surface area contributed by atoms with Crippen molar-refractivity contribution >= 4 is 86.2 Å². The summed E-state index contributed by atoms with van der Waals surface area (Å²) in [5, 5.41) is 22.7. The van der Waals surface area contributed by atoms with Gasteiger partial charge >= 0.3 is 0 Å².